The molecule has 10 heteroatoms. The van der Waals surface area contributed by atoms with E-state index in [4.69, 9.17) is 19.9 Å². The first kappa shape index (κ1) is 88.9. The van der Waals surface area contributed by atoms with Crippen LogP contribution in [0.5, 0.6) is 11.5 Å². The van der Waals surface area contributed by atoms with E-state index in [1.807, 2.05) is 30.6 Å². The Labute approximate surface area is 762 Å². The summed E-state index contributed by atoms with van der Waals surface area (Å²) in [4.78, 5) is 20.8. The molecule has 0 unspecified atom stereocenters. The molecule has 0 spiro atoms. The van der Waals surface area contributed by atoms with Crippen LogP contribution in [0.3, 0.4) is 0 Å². The van der Waals surface area contributed by atoms with Crippen LogP contribution < -0.4 is 0 Å². The molecule has 2 N–H and O–H groups in total. The minimum absolute atomic E-state index is 0. The van der Waals surface area contributed by atoms with Crippen molar-refractivity contribution in [3.63, 3.8) is 0 Å². The number of aromatic nitrogens is 6. The number of pyridine rings is 4. The second-order valence-electron chi connectivity index (χ2n) is 40.3. The summed E-state index contributed by atoms with van der Waals surface area (Å²) in [7, 11) is 0. The summed E-state index contributed by atoms with van der Waals surface area (Å²) in [6.45, 7) is 46.5. The van der Waals surface area contributed by atoms with Crippen LogP contribution in [-0.2, 0) is 80.0 Å². The van der Waals surface area contributed by atoms with Gasteiger partial charge in [0.25, 0.3) is 0 Å². The van der Waals surface area contributed by atoms with Crippen molar-refractivity contribution in [3.05, 3.63) is 336 Å². The van der Waals surface area contributed by atoms with Gasteiger partial charge < -0.3 is 29.3 Å². The molecule has 11 aromatic carbocycles. The molecule has 632 valence electrons. The van der Waals surface area contributed by atoms with Crippen LogP contribution >= 0.6 is 0 Å². The van der Waals surface area contributed by atoms with Gasteiger partial charge in [-0.25, -0.2) is 9.97 Å². The Morgan fingerprint density at radius 2 is 0.556 bits per heavy atom. The predicted molar refractivity (Wildman–Crippen MR) is 514 cm³/mol. The van der Waals surface area contributed by atoms with Crippen molar-refractivity contribution in [1.82, 2.24) is 29.1 Å². The third-order valence-electron chi connectivity index (χ3n) is 24.0. The van der Waals surface area contributed by atoms with Gasteiger partial charge in [0.05, 0.1) is 11.4 Å². The molecule has 6 aromatic heterocycles. The number of hydrogen-bond acceptors (Lipinski definition) is 6. The van der Waals surface area contributed by atoms with E-state index in [0.29, 0.717) is 11.4 Å². The van der Waals surface area contributed by atoms with E-state index < -0.39 is 0 Å². The number of rotatable bonds is 11. The van der Waals surface area contributed by atoms with Crippen molar-refractivity contribution in [2.45, 2.75) is 183 Å². The molecule has 0 bridgehead atoms. The van der Waals surface area contributed by atoms with E-state index in [0.717, 1.165) is 156 Å². The third kappa shape index (κ3) is 18.1. The molecule has 0 atom stereocenters. The van der Waals surface area contributed by atoms with Crippen LogP contribution in [0, 0.1) is 12.1 Å². The molecule has 0 aliphatic heterocycles. The first-order valence-corrected chi connectivity index (χ1v) is 42.8. The number of hydrogen-bond donors (Lipinski definition) is 2. The molecular weight excluding hydrogens is 1880 g/mol. The van der Waals surface area contributed by atoms with Gasteiger partial charge in [-0.05, 0) is 215 Å². The van der Waals surface area contributed by atoms with Gasteiger partial charge in [-0.2, -0.15) is 0 Å². The van der Waals surface area contributed by atoms with Crippen LogP contribution in [-0.4, -0.2) is 39.3 Å². The van der Waals surface area contributed by atoms with Crippen molar-refractivity contribution in [2.75, 3.05) is 0 Å². The largest absolute Gasteiger partial charge is 0.507 e. The number of phenols is 2. The normalized spacial score (nSPS) is 12.3. The Bertz CT molecular complexity index is 6830. The Morgan fingerprint density at radius 1 is 0.250 bits per heavy atom. The van der Waals surface area contributed by atoms with Crippen molar-refractivity contribution >= 4 is 43.6 Å². The van der Waals surface area contributed by atoms with Crippen LogP contribution in [0.15, 0.2) is 285 Å². The Morgan fingerprint density at radius 3 is 0.895 bits per heavy atom. The van der Waals surface area contributed by atoms with E-state index in [-0.39, 0.29) is 91.5 Å². The molecule has 8 nitrogen and oxygen atoms in total. The molecule has 0 saturated carbocycles. The van der Waals surface area contributed by atoms with Crippen molar-refractivity contribution in [3.8, 4) is 124 Å². The van der Waals surface area contributed by atoms with Crippen molar-refractivity contribution < 1.29 is 52.3 Å². The standard InChI is InChI=1S/C58H54N3O.C56H58N3O.2Pt/c1-56(2,3)44-25-27-52-47(34-44)46-26-24-42(50-30-41(28-29-59-50)40-22-20-39(21-23-40)37-16-12-10-13-17-37)32-53(46)61(52)54-33-43(38-18-14-11-15-19-38)31-51(60-54)48-35-45(57(4,5)6)36-49(55(48)62)58(7,8)9;1-53(2,3)40-21-18-36(19-22-40)37-26-27-57-47(28-37)38-20-24-43-44-32-41(54(4,5)6)23-25-49(44)59(50(43)30-38)51-31-39(35-16-14-13-15-17-35)29-48(58-51)45-33-42(55(7,8)9)34-46(52(45)60)56(10,11)12;;/h10-31,33-36,62H,1-9H3;13-29,31-34,60H,1-12H3;;/q2*-1;;. The molecule has 0 aliphatic rings. The molecule has 0 radical (unpaired) electrons. The number of nitrogens with zero attached hydrogens (tertiary/aromatic N) is 6. The Balaban J connectivity index is 0.000000199. The summed E-state index contributed by atoms with van der Waals surface area (Å²) < 4.78 is 4.50. The van der Waals surface area contributed by atoms with E-state index >= 15 is 0 Å². The van der Waals surface area contributed by atoms with Crippen molar-refractivity contribution in [2.24, 2.45) is 0 Å². The zero-order chi connectivity index (χ0) is 86.5. The molecule has 0 fully saturated rings. The summed E-state index contributed by atoms with van der Waals surface area (Å²) in [5, 5.41) is 28.8. The van der Waals surface area contributed by atoms with E-state index in [2.05, 4.69) is 421 Å². The van der Waals surface area contributed by atoms with Gasteiger partial charge in [-0.15, -0.1) is 47.5 Å². The smallest absolute Gasteiger partial charge is 0.137 e. The van der Waals surface area contributed by atoms with E-state index in [9.17, 15) is 10.2 Å². The number of phenolic OH excluding ortho intramolecular Hbond substituents is 2. The molecule has 17 rings (SSSR count). The van der Waals surface area contributed by atoms with Crippen molar-refractivity contribution in [1.29, 1.82) is 0 Å². The molecule has 0 aliphatic carbocycles. The number of aromatic hydroxyl groups is 2. The average Bonchev–Trinajstić information content (AvgIpc) is 1.57. The Hall–Kier alpha value is -11.4. The average molecular weight is 1990 g/mol. The minimum Gasteiger partial charge on any atom is -0.507 e. The van der Waals surface area contributed by atoms with Gasteiger partial charge in [0.15, 0.2) is 0 Å². The Kier molecular flexibility index (Phi) is 24.3. The first-order valence-electron chi connectivity index (χ1n) is 42.8. The van der Waals surface area contributed by atoms with Crippen LogP contribution in [0.2, 0.25) is 0 Å². The van der Waals surface area contributed by atoms with Gasteiger partial charge in [-0.3, -0.25) is 0 Å². The summed E-state index contributed by atoms with van der Waals surface area (Å²) in [5.41, 5.74) is 28.3. The van der Waals surface area contributed by atoms with Gasteiger partial charge in [-0.1, -0.05) is 344 Å². The monoisotopic (exact) mass is 1990 g/mol. The maximum absolute atomic E-state index is 12.2. The predicted octanol–water partition coefficient (Wildman–Crippen LogP) is 30.2. The quantitative estimate of drug-likeness (QED) is 0.125. The molecule has 17 aromatic rings. The van der Waals surface area contributed by atoms with E-state index in [1.54, 1.807) is 0 Å². The second-order valence-corrected chi connectivity index (χ2v) is 40.3. The van der Waals surface area contributed by atoms with Gasteiger partial charge in [0, 0.05) is 87.8 Å². The number of benzene rings is 11. The molecule has 6 heterocycles. The summed E-state index contributed by atoms with van der Waals surface area (Å²) in [5.74, 6) is 2.03. The summed E-state index contributed by atoms with van der Waals surface area (Å²) >= 11 is 0. The maximum Gasteiger partial charge on any atom is 0.137 e. The van der Waals surface area contributed by atoms with Gasteiger partial charge >= 0.3 is 0 Å². The van der Waals surface area contributed by atoms with Crippen LogP contribution in [0.1, 0.15) is 184 Å². The zero-order valence-electron chi connectivity index (χ0n) is 75.3. The zero-order valence-corrected chi connectivity index (χ0v) is 79.9. The maximum atomic E-state index is 12.2. The fourth-order valence-corrected chi connectivity index (χ4v) is 16.6. The minimum atomic E-state index is -0.292. The van der Waals surface area contributed by atoms with Gasteiger partial charge in [0.2, 0.25) is 0 Å². The molecule has 124 heavy (non-hydrogen) atoms. The third-order valence-corrected chi connectivity index (χ3v) is 24.0. The second kappa shape index (κ2) is 33.9. The fourth-order valence-electron chi connectivity index (χ4n) is 16.6. The molecule has 0 saturated heterocycles. The summed E-state index contributed by atoms with van der Waals surface area (Å²) in [6, 6.07) is 105. The molecule has 0 amide bonds. The summed E-state index contributed by atoms with van der Waals surface area (Å²) in [6.07, 6.45) is 3.78. The SMILES string of the molecule is CC(C)(C)c1cc(-c2cc(-c3ccccc3)cc(-n3c4[c-]c(-c5cc(-c6ccc(-c7ccccc7)cc6)ccn5)ccc4c4cc(C(C)(C)C)ccc43)n2)c(O)c(C(C)(C)C)c1.CC(C)(C)c1ccc(-c2ccnc(-c3[c-]c4c(cc3)c3cc(C(C)(C)C)ccc3n4-c3cc(-c4ccccc4)cc(-c4cc(C(C)(C)C)cc(C(C)(C)C)c4O)n3)c2)cc1.[Pt].[Pt]. The fraction of sp³-hybridized carbons (Fsp3) is 0.246. The van der Waals surface area contributed by atoms with Gasteiger partial charge in [0.1, 0.15) is 23.1 Å². The number of fused-ring (bicyclic) bond motifs is 6. The molecular formula is C114H112N6O2Pt2-2. The van der Waals surface area contributed by atoms with Crippen LogP contribution in [0.25, 0.3) is 156 Å². The topological polar surface area (TPSA) is 102 Å². The van der Waals surface area contributed by atoms with Crippen LogP contribution in [0.4, 0.5) is 0 Å². The van der Waals surface area contributed by atoms with E-state index in [1.165, 1.54) is 27.8 Å². The first-order chi connectivity index (χ1) is 57.7.